The number of carbonyl (C=O) groups excluding carboxylic acids is 1. The van der Waals surface area contributed by atoms with E-state index in [1.165, 1.54) is 18.2 Å². The Hall–Kier alpha value is -1.58. The third kappa shape index (κ3) is 2.57. The highest BCUT2D eigenvalue weighted by Crippen LogP contribution is 2.20. The maximum absolute atomic E-state index is 13.5. The van der Waals surface area contributed by atoms with Crippen LogP contribution in [0.3, 0.4) is 0 Å². The van der Waals surface area contributed by atoms with Crippen LogP contribution in [0.2, 0.25) is 0 Å². The summed E-state index contributed by atoms with van der Waals surface area (Å²) in [6.07, 6.45) is 1.96. The standard InChI is InChI=1S/C13H17FN2O/c1-9-4-6-16(7-5-9)13(17)11-8-10(15)2-3-12(11)14/h2-3,8-9H,4-7,15H2,1H3. The van der Waals surface area contributed by atoms with Gasteiger partial charge in [-0.15, -0.1) is 0 Å². The van der Waals surface area contributed by atoms with Crippen molar-refractivity contribution in [3.63, 3.8) is 0 Å². The molecule has 0 unspecified atom stereocenters. The van der Waals surface area contributed by atoms with E-state index in [1.54, 1.807) is 4.90 Å². The van der Waals surface area contributed by atoms with Gasteiger partial charge in [-0.3, -0.25) is 4.79 Å². The Labute approximate surface area is 100 Å². The number of anilines is 1. The first-order chi connectivity index (χ1) is 8.08. The number of hydrogen-bond acceptors (Lipinski definition) is 2. The minimum absolute atomic E-state index is 0.0829. The predicted octanol–water partition coefficient (Wildman–Crippen LogP) is 2.28. The monoisotopic (exact) mass is 236 g/mol. The van der Waals surface area contributed by atoms with E-state index in [1.807, 2.05) is 0 Å². The number of nitrogen functional groups attached to an aromatic ring is 1. The number of piperidine rings is 1. The molecule has 17 heavy (non-hydrogen) atoms. The van der Waals surface area contributed by atoms with Gasteiger partial charge in [0, 0.05) is 18.8 Å². The highest BCUT2D eigenvalue weighted by molar-refractivity contribution is 5.95. The van der Waals surface area contributed by atoms with Crippen molar-refractivity contribution in [3.05, 3.63) is 29.6 Å². The molecule has 1 heterocycles. The van der Waals surface area contributed by atoms with E-state index < -0.39 is 5.82 Å². The Kier molecular flexibility index (Phi) is 3.31. The minimum atomic E-state index is -0.497. The SMILES string of the molecule is CC1CCN(C(=O)c2cc(N)ccc2F)CC1. The first kappa shape index (κ1) is 11.9. The Bertz CT molecular complexity index is 425. The predicted molar refractivity (Wildman–Crippen MR) is 65.1 cm³/mol. The Morgan fingerprint density at radius 1 is 1.41 bits per heavy atom. The second kappa shape index (κ2) is 4.73. The van der Waals surface area contributed by atoms with Crippen molar-refractivity contribution in [2.24, 2.45) is 5.92 Å². The van der Waals surface area contributed by atoms with Crippen LogP contribution < -0.4 is 5.73 Å². The van der Waals surface area contributed by atoms with Crippen molar-refractivity contribution in [3.8, 4) is 0 Å². The maximum Gasteiger partial charge on any atom is 0.256 e. The average Bonchev–Trinajstić information content (AvgIpc) is 2.32. The smallest absolute Gasteiger partial charge is 0.256 e. The number of nitrogens with two attached hydrogens (primary N) is 1. The Balaban J connectivity index is 2.16. The van der Waals surface area contributed by atoms with Crippen LogP contribution in [-0.2, 0) is 0 Å². The lowest BCUT2D eigenvalue weighted by molar-refractivity contribution is 0.0692. The van der Waals surface area contributed by atoms with Gasteiger partial charge in [-0.1, -0.05) is 6.92 Å². The number of nitrogens with zero attached hydrogens (tertiary/aromatic N) is 1. The molecule has 4 heteroatoms. The molecule has 3 nitrogen and oxygen atoms in total. The summed E-state index contributed by atoms with van der Waals surface area (Å²) in [6.45, 7) is 3.57. The summed E-state index contributed by atoms with van der Waals surface area (Å²) in [5.41, 5.74) is 6.08. The van der Waals surface area contributed by atoms with Crippen molar-refractivity contribution in [1.29, 1.82) is 0 Å². The lowest BCUT2D eigenvalue weighted by atomic mass is 9.98. The van der Waals surface area contributed by atoms with Crippen molar-refractivity contribution in [2.45, 2.75) is 19.8 Å². The number of rotatable bonds is 1. The van der Waals surface area contributed by atoms with Crippen LogP contribution in [0.5, 0.6) is 0 Å². The molecular weight excluding hydrogens is 219 g/mol. The molecule has 0 atom stereocenters. The number of hydrogen-bond donors (Lipinski definition) is 1. The molecule has 0 radical (unpaired) electrons. The van der Waals surface area contributed by atoms with Gasteiger partial charge in [0.15, 0.2) is 0 Å². The van der Waals surface area contributed by atoms with Crippen LogP contribution in [-0.4, -0.2) is 23.9 Å². The van der Waals surface area contributed by atoms with Gasteiger partial charge in [0.05, 0.1) is 5.56 Å². The number of amides is 1. The summed E-state index contributed by atoms with van der Waals surface area (Å²) in [7, 11) is 0. The van der Waals surface area contributed by atoms with Crippen molar-refractivity contribution >= 4 is 11.6 Å². The van der Waals surface area contributed by atoms with Gasteiger partial charge in [-0.05, 0) is 37.0 Å². The molecule has 1 aliphatic rings. The van der Waals surface area contributed by atoms with Crippen LogP contribution in [0, 0.1) is 11.7 Å². The summed E-state index contributed by atoms with van der Waals surface area (Å²) >= 11 is 0. The van der Waals surface area contributed by atoms with Crippen LogP contribution in [0.4, 0.5) is 10.1 Å². The lowest BCUT2D eigenvalue weighted by Gasteiger charge is -2.30. The molecule has 1 aromatic carbocycles. The van der Waals surface area contributed by atoms with Gasteiger partial charge < -0.3 is 10.6 Å². The Morgan fingerprint density at radius 3 is 2.71 bits per heavy atom. The van der Waals surface area contributed by atoms with Crippen LogP contribution in [0.25, 0.3) is 0 Å². The van der Waals surface area contributed by atoms with Crippen LogP contribution in [0.15, 0.2) is 18.2 Å². The summed E-state index contributed by atoms with van der Waals surface area (Å²) in [5, 5.41) is 0. The molecule has 92 valence electrons. The van der Waals surface area contributed by atoms with Gasteiger partial charge in [0.1, 0.15) is 5.82 Å². The number of likely N-dealkylation sites (tertiary alicyclic amines) is 1. The lowest BCUT2D eigenvalue weighted by Crippen LogP contribution is -2.38. The molecule has 1 fully saturated rings. The topological polar surface area (TPSA) is 46.3 Å². The van der Waals surface area contributed by atoms with Gasteiger partial charge in [0.25, 0.3) is 5.91 Å². The van der Waals surface area contributed by atoms with Gasteiger partial charge in [-0.25, -0.2) is 4.39 Å². The van der Waals surface area contributed by atoms with E-state index in [0.717, 1.165) is 12.8 Å². The molecule has 1 amide bonds. The second-order valence-corrected chi connectivity index (χ2v) is 4.71. The molecule has 2 rings (SSSR count). The maximum atomic E-state index is 13.5. The number of carbonyl (C=O) groups is 1. The second-order valence-electron chi connectivity index (χ2n) is 4.71. The fourth-order valence-corrected chi connectivity index (χ4v) is 2.09. The van der Waals surface area contributed by atoms with Gasteiger partial charge in [-0.2, -0.15) is 0 Å². The summed E-state index contributed by atoms with van der Waals surface area (Å²) in [4.78, 5) is 13.8. The number of benzene rings is 1. The molecule has 0 spiro atoms. The average molecular weight is 236 g/mol. The fraction of sp³-hybridized carbons (Fsp3) is 0.462. The first-order valence-corrected chi connectivity index (χ1v) is 5.92. The van der Waals surface area contributed by atoms with E-state index in [9.17, 15) is 9.18 Å². The zero-order valence-corrected chi connectivity index (χ0v) is 9.95. The van der Waals surface area contributed by atoms with E-state index >= 15 is 0 Å². The minimum Gasteiger partial charge on any atom is -0.399 e. The van der Waals surface area contributed by atoms with E-state index in [2.05, 4.69) is 6.92 Å². The summed E-state index contributed by atoms with van der Waals surface area (Å²) in [5.74, 6) is -0.103. The molecule has 1 aromatic rings. The normalized spacial score (nSPS) is 17.2. The molecule has 2 N–H and O–H groups in total. The summed E-state index contributed by atoms with van der Waals surface area (Å²) < 4.78 is 13.5. The molecular formula is C13H17FN2O. The van der Waals surface area contributed by atoms with Crippen molar-refractivity contribution in [2.75, 3.05) is 18.8 Å². The third-order valence-electron chi connectivity index (χ3n) is 3.29. The number of halogens is 1. The van der Waals surface area contributed by atoms with E-state index in [0.29, 0.717) is 24.7 Å². The van der Waals surface area contributed by atoms with Crippen molar-refractivity contribution in [1.82, 2.24) is 4.90 Å². The first-order valence-electron chi connectivity index (χ1n) is 5.92. The molecule has 0 saturated carbocycles. The third-order valence-corrected chi connectivity index (χ3v) is 3.29. The van der Waals surface area contributed by atoms with E-state index in [-0.39, 0.29) is 11.5 Å². The zero-order valence-electron chi connectivity index (χ0n) is 9.95. The van der Waals surface area contributed by atoms with Crippen LogP contribution in [0.1, 0.15) is 30.1 Å². The molecule has 0 bridgehead atoms. The van der Waals surface area contributed by atoms with E-state index in [4.69, 9.17) is 5.73 Å². The zero-order chi connectivity index (χ0) is 12.4. The highest BCUT2D eigenvalue weighted by Gasteiger charge is 2.23. The molecule has 0 aromatic heterocycles. The Morgan fingerprint density at radius 2 is 2.06 bits per heavy atom. The van der Waals surface area contributed by atoms with Gasteiger partial charge in [0.2, 0.25) is 0 Å². The molecule has 1 saturated heterocycles. The summed E-state index contributed by atoms with van der Waals surface area (Å²) in [6, 6.07) is 4.12. The van der Waals surface area contributed by atoms with Crippen molar-refractivity contribution < 1.29 is 9.18 Å². The quantitative estimate of drug-likeness (QED) is 0.760. The largest absolute Gasteiger partial charge is 0.399 e. The fourth-order valence-electron chi connectivity index (χ4n) is 2.09. The highest BCUT2D eigenvalue weighted by atomic mass is 19.1. The molecule has 0 aliphatic carbocycles. The van der Waals surface area contributed by atoms with Crippen LogP contribution >= 0.6 is 0 Å². The molecule has 1 aliphatic heterocycles. The van der Waals surface area contributed by atoms with Gasteiger partial charge >= 0.3 is 0 Å².